The van der Waals surface area contributed by atoms with Gasteiger partial charge in [-0.3, -0.25) is 9.78 Å². The quantitative estimate of drug-likeness (QED) is 0.635. The van der Waals surface area contributed by atoms with E-state index in [1.807, 2.05) is 24.3 Å². The number of aliphatic hydroxyl groups is 1. The summed E-state index contributed by atoms with van der Waals surface area (Å²) in [7, 11) is 0. The first-order valence-corrected chi connectivity index (χ1v) is 8.79. The average molecular weight is 413 g/mol. The lowest BCUT2D eigenvalue weighted by Gasteiger charge is -2.13. The normalized spacial score (nSPS) is 11.6. The number of hydrogen-bond donors (Lipinski definition) is 2. The van der Waals surface area contributed by atoms with E-state index in [1.54, 1.807) is 48.8 Å². The highest BCUT2D eigenvalue weighted by Crippen LogP contribution is 2.19. The Labute approximate surface area is 159 Å². The van der Waals surface area contributed by atoms with Crippen LogP contribution >= 0.6 is 15.9 Å². The van der Waals surface area contributed by atoms with Crippen molar-refractivity contribution in [3.05, 3.63) is 88.7 Å². The first-order valence-electron chi connectivity index (χ1n) is 7.99. The number of anilines is 1. The van der Waals surface area contributed by atoms with Crippen LogP contribution in [0.15, 0.2) is 77.5 Å². The fourth-order valence-electron chi connectivity index (χ4n) is 2.30. The highest BCUT2D eigenvalue weighted by molar-refractivity contribution is 9.10. The molecule has 0 saturated carbocycles. The van der Waals surface area contributed by atoms with E-state index in [-0.39, 0.29) is 12.5 Å². The average Bonchev–Trinajstić information content (AvgIpc) is 2.68. The third-order valence-corrected chi connectivity index (χ3v) is 4.23. The zero-order valence-corrected chi connectivity index (χ0v) is 15.4. The van der Waals surface area contributed by atoms with Crippen LogP contribution in [0.5, 0.6) is 5.75 Å². The lowest BCUT2D eigenvalue weighted by atomic mass is 10.1. The SMILES string of the molecule is O=C(Nc1cccnc1)c1ccc(OCC(O)c2ccc(Br)cc2)cc1. The number of carbonyl (C=O) groups excluding carboxylic acids is 1. The molecule has 1 amide bonds. The Hall–Kier alpha value is -2.70. The van der Waals surface area contributed by atoms with Gasteiger partial charge in [0.05, 0.1) is 11.9 Å². The minimum absolute atomic E-state index is 0.128. The summed E-state index contributed by atoms with van der Waals surface area (Å²) in [4.78, 5) is 16.1. The topological polar surface area (TPSA) is 71.5 Å². The molecule has 0 aliphatic rings. The van der Waals surface area contributed by atoms with Crippen LogP contribution in [0.2, 0.25) is 0 Å². The van der Waals surface area contributed by atoms with Gasteiger partial charge in [0.1, 0.15) is 18.5 Å². The van der Waals surface area contributed by atoms with Crippen LogP contribution in [-0.4, -0.2) is 22.6 Å². The smallest absolute Gasteiger partial charge is 0.255 e. The van der Waals surface area contributed by atoms with E-state index in [4.69, 9.17) is 4.74 Å². The van der Waals surface area contributed by atoms with Crippen LogP contribution in [-0.2, 0) is 0 Å². The zero-order valence-electron chi connectivity index (χ0n) is 13.8. The molecule has 132 valence electrons. The summed E-state index contributed by atoms with van der Waals surface area (Å²) >= 11 is 3.36. The van der Waals surface area contributed by atoms with E-state index < -0.39 is 6.10 Å². The summed E-state index contributed by atoms with van der Waals surface area (Å²) < 4.78 is 6.56. The number of hydrogen-bond acceptors (Lipinski definition) is 4. The van der Waals surface area contributed by atoms with Crippen LogP contribution in [0.1, 0.15) is 22.0 Å². The van der Waals surface area contributed by atoms with E-state index >= 15 is 0 Å². The minimum atomic E-state index is -0.725. The van der Waals surface area contributed by atoms with Gasteiger partial charge in [0.15, 0.2) is 0 Å². The molecular weight excluding hydrogens is 396 g/mol. The van der Waals surface area contributed by atoms with Gasteiger partial charge < -0.3 is 15.2 Å². The number of aliphatic hydroxyl groups excluding tert-OH is 1. The molecule has 0 spiro atoms. The van der Waals surface area contributed by atoms with Gasteiger partial charge >= 0.3 is 0 Å². The number of benzene rings is 2. The minimum Gasteiger partial charge on any atom is -0.491 e. The van der Waals surface area contributed by atoms with Gasteiger partial charge in [-0.25, -0.2) is 0 Å². The molecule has 1 unspecified atom stereocenters. The highest BCUT2D eigenvalue weighted by atomic mass is 79.9. The van der Waals surface area contributed by atoms with Gasteiger partial charge in [-0.1, -0.05) is 28.1 Å². The molecule has 1 aromatic heterocycles. The summed E-state index contributed by atoms with van der Waals surface area (Å²) in [5.74, 6) is 0.360. The molecule has 0 bridgehead atoms. The second kappa shape index (κ2) is 8.60. The third-order valence-electron chi connectivity index (χ3n) is 3.70. The Kier molecular flexibility index (Phi) is 5.99. The highest BCUT2D eigenvalue weighted by Gasteiger charge is 2.10. The van der Waals surface area contributed by atoms with Crippen LogP contribution in [0.4, 0.5) is 5.69 Å². The predicted octanol–water partition coefficient (Wildman–Crippen LogP) is 4.21. The molecule has 1 atom stereocenters. The maximum Gasteiger partial charge on any atom is 0.255 e. The number of pyridine rings is 1. The van der Waals surface area contributed by atoms with Crippen molar-refractivity contribution in [3.63, 3.8) is 0 Å². The number of carbonyl (C=O) groups is 1. The monoisotopic (exact) mass is 412 g/mol. The van der Waals surface area contributed by atoms with Gasteiger partial charge in [0.25, 0.3) is 5.91 Å². The summed E-state index contributed by atoms with van der Waals surface area (Å²) in [6.45, 7) is 0.128. The van der Waals surface area contributed by atoms with Gasteiger partial charge in [-0.15, -0.1) is 0 Å². The molecule has 26 heavy (non-hydrogen) atoms. The molecule has 5 nitrogen and oxygen atoms in total. The van der Waals surface area contributed by atoms with E-state index in [1.165, 1.54) is 0 Å². The van der Waals surface area contributed by atoms with E-state index in [0.29, 0.717) is 17.0 Å². The number of ether oxygens (including phenoxy) is 1. The van der Waals surface area contributed by atoms with Crippen LogP contribution in [0.25, 0.3) is 0 Å². The molecule has 0 saturated heterocycles. The molecule has 0 aliphatic carbocycles. The first kappa shape index (κ1) is 18.1. The van der Waals surface area contributed by atoms with Crippen molar-refractivity contribution >= 4 is 27.5 Å². The Morgan fingerprint density at radius 1 is 1.12 bits per heavy atom. The molecule has 0 aliphatic heterocycles. The fourth-order valence-corrected chi connectivity index (χ4v) is 2.56. The number of amides is 1. The molecule has 6 heteroatoms. The molecule has 1 heterocycles. The Bertz CT molecular complexity index is 852. The van der Waals surface area contributed by atoms with Crippen LogP contribution in [0, 0.1) is 0 Å². The third kappa shape index (κ3) is 4.91. The van der Waals surface area contributed by atoms with Crippen molar-refractivity contribution in [2.75, 3.05) is 11.9 Å². The number of nitrogens with zero attached hydrogens (tertiary/aromatic N) is 1. The van der Waals surface area contributed by atoms with Crippen molar-refractivity contribution in [3.8, 4) is 5.75 Å². The molecule has 2 N–H and O–H groups in total. The zero-order chi connectivity index (χ0) is 18.4. The predicted molar refractivity (Wildman–Crippen MR) is 103 cm³/mol. The lowest BCUT2D eigenvalue weighted by Crippen LogP contribution is -2.12. The summed E-state index contributed by atoms with van der Waals surface area (Å²) in [5.41, 5.74) is 1.92. The maximum atomic E-state index is 12.2. The van der Waals surface area contributed by atoms with Crippen LogP contribution in [0.3, 0.4) is 0 Å². The maximum absolute atomic E-state index is 12.2. The number of nitrogens with one attached hydrogen (secondary N) is 1. The van der Waals surface area contributed by atoms with E-state index in [9.17, 15) is 9.90 Å². The summed E-state index contributed by atoms with van der Waals surface area (Å²) in [5, 5.41) is 12.9. The first-order chi connectivity index (χ1) is 12.6. The summed E-state index contributed by atoms with van der Waals surface area (Å²) in [6.07, 6.45) is 2.50. The molecule has 2 aromatic carbocycles. The lowest BCUT2D eigenvalue weighted by molar-refractivity contribution is 0.102. The molecule has 3 aromatic rings. The van der Waals surface area contributed by atoms with Gasteiger partial charge in [0, 0.05) is 16.2 Å². The van der Waals surface area contributed by atoms with Crippen LogP contribution < -0.4 is 10.1 Å². The van der Waals surface area contributed by atoms with Gasteiger partial charge in [-0.05, 0) is 54.1 Å². The Morgan fingerprint density at radius 2 is 1.85 bits per heavy atom. The molecular formula is C20H17BrN2O3. The molecule has 0 radical (unpaired) electrons. The van der Waals surface area contributed by atoms with Crippen molar-refractivity contribution in [2.45, 2.75) is 6.10 Å². The standard InChI is InChI=1S/C20H17BrN2O3/c21-16-7-3-14(4-8-16)19(24)13-26-18-9-5-15(6-10-18)20(25)23-17-2-1-11-22-12-17/h1-12,19,24H,13H2,(H,23,25). The van der Waals surface area contributed by atoms with Crippen molar-refractivity contribution in [2.24, 2.45) is 0 Å². The Balaban J connectivity index is 1.55. The van der Waals surface area contributed by atoms with Crippen molar-refractivity contribution < 1.29 is 14.6 Å². The molecule has 3 rings (SSSR count). The number of rotatable bonds is 6. The second-order valence-electron chi connectivity index (χ2n) is 5.60. The summed E-state index contributed by atoms with van der Waals surface area (Å²) in [6, 6.07) is 17.7. The van der Waals surface area contributed by atoms with Gasteiger partial charge in [0.2, 0.25) is 0 Å². The number of halogens is 1. The number of aromatic nitrogens is 1. The second-order valence-corrected chi connectivity index (χ2v) is 6.51. The van der Waals surface area contributed by atoms with E-state index in [2.05, 4.69) is 26.2 Å². The fraction of sp³-hybridized carbons (Fsp3) is 0.100. The largest absolute Gasteiger partial charge is 0.491 e. The van der Waals surface area contributed by atoms with E-state index in [0.717, 1.165) is 10.0 Å². The van der Waals surface area contributed by atoms with Gasteiger partial charge in [-0.2, -0.15) is 0 Å². The Morgan fingerprint density at radius 3 is 2.50 bits per heavy atom. The van der Waals surface area contributed by atoms with Crippen molar-refractivity contribution in [1.82, 2.24) is 4.98 Å². The molecule has 0 fully saturated rings. The van der Waals surface area contributed by atoms with Crippen molar-refractivity contribution in [1.29, 1.82) is 0 Å².